The van der Waals surface area contributed by atoms with Crippen LogP contribution in [-0.2, 0) is 18.4 Å². The molecule has 0 saturated carbocycles. The Morgan fingerprint density at radius 2 is 1.82 bits per heavy atom. The van der Waals surface area contributed by atoms with Gasteiger partial charge in [0.2, 0.25) is 5.91 Å². The molecular weight excluding hydrogens is 243 g/mol. The summed E-state index contributed by atoms with van der Waals surface area (Å²) in [4.78, 5) is 11.1. The molecule has 0 spiro atoms. The average molecular weight is 266 g/mol. The van der Waals surface area contributed by atoms with Gasteiger partial charge < -0.3 is 14.8 Å². The summed E-state index contributed by atoms with van der Waals surface area (Å²) >= 11 is 0. The van der Waals surface area contributed by atoms with Crippen LogP contribution in [0.5, 0.6) is 0 Å². The Labute approximate surface area is 103 Å². The molecule has 0 aromatic rings. The molecule has 3 N–H and O–H groups in total. The zero-order valence-corrected chi connectivity index (χ0v) is 11.7. The first-order valence-electron chi connectivity index (χ1n) is 5.89. The normalized spacial score (nSPS) is 13.6. The summed E-state index contributed by atoms with van der Waals surface area (Å²) in [6, 6.07) is -0.491. The van der Waals surface area contributed by atoms with E-state index in [2.05, 4.69) is 5.32 Å². The quantitative estimate of drug-likeness (QED) is 0.584. The predicted octanol–water partition coefficient (Wildman–Crippen LogP) is 1.45. The molecular formula is C10H23N2O4P. The van der Waals surface area contributed by atoms with Crippen LogP contribution in [0.15, 0.2) is 0 Å². The second-order valence-electron chi connectivity index (χ2n) is 3.55. The second-order valence-corrected chi connectivity index (χ2v) is 5.61. The van der Waals surface area contributed by atoms with E-state index in [1.807, 2.05) is 6.92 Å². The summed E-state index contributed by atoms with van der Waals surface area (Å²) in [6.45, 7) is 6.02. The molecule has 102 valence electrons. The lowest BCUT2D eigenvalue weighted by Crippen LogP contribution is -2.41. The predicted molar refractivity (Wildman–Crippen MR) is 66.8 cm³/mol. The number of rotatable bonds is 10. The zero-order valence-electron chi connectivity index (χ0n) is 10.8. The molecule has 1 amide bonds. The van der Waals surface area contributed by atoms with Crippen LogP contribution in [0.25, 0.3) is 0 Å². The molecule has 0 unspecified atom stereocenters. The first kappa shape index (κ1) is 16.6. The topological polar surface area (TPSA) is 90.7 Å². The molecule has 6 nitrogen and oxygen atoms in total. The van der Waals surface area contributed by atoms with E-state index in [4.69, 9.17) is 14.8 Å². The summed E-state index contributed by atoms with van der Waals surface area (Å²) in [5.41, 5.74) is 5.23. The number of amides is 1. The van der Waals surface area contributed by atoms with Gasteiger partial charge in [0.15, 0.2) is 0 Å². The van der Waals surface area contributed by atoms with Crippen molar-refractivity contribution in [2.75, 3.05) is 19.5 Å². The molecule has 0 radical (unpaired) electrons. The maximum Gasteiger partial charge on any atom is 0.344 e. The van der Waals surface area contributed by atoms with E-state index in [9.17, 15) is 9.36 Å². The molecule has 0 aliphatic carbocycles. The third-order valence-corrected chi connectivity index (χ3v) is 3.98. The van der Waals surface area contributed by atoms with Crippen LogP contribution >= 0.6 is 7.60 Å². The van der Waals surface area contributed by atoms with Gasteiger partial charge in [-0.25, -0.2) is 0 Å². The largest absolute Gasteiger partial charge is 0.368 e. The van der Waals surface area contributed by atoms with Gasteiger partial charge in [0.25, 0.3) is 0 Å². The van der Waals surface area contributed by atoms with E-state index >= 15 is 0 Å². The number of carbonyl (C=O) groups excluding carboxylic acids is 1. The second kappa shape index (κ2) is 8.64. The van der Waals surface area contributed by atoms with E-state index in [0.717, 1.165) is 6.42 Å². The Kier molecular flexibility index (Phi) is 8.43. The fourth-order valence-corrected chi connectivity index (χ4v) is 2.87. The van der Waals surface area contributed by atoms with Gasteiger partial charge in [-0.05, 0) is 20.3 Å². The van der Waals surface area contributed by atoms with Crippen LogP contribution < -0.4 is 11.1 Å². The smallest absolute Gasteiger partial charge is 0.344 e. The van der Waals surface area contributed by atoms with Crippen molar-refractivity contribution in [1.82, 2.24) is 5.32 Å². The highest BCUT2D eigenvalue weighted by atomic mass is 31.2. The van der Waals surface area contributed by atoms with Gasteiger partial charge in [0.05, 0.1) is 25.5 Å². The van der Waals surface area contributed by atoms with Gasteiger partial charge in [-0.3, -0.25) is 14.7 Å². The minimum absolute atomic E-state index is 0.00227. The maximum absolute atomic E-state index is 12.1. The standard InChI is InChI=1S/C10H23N2O4P/c1-4-7-9(10(11)13)12-8-17(14,15-5-2)16-6-3/h9,12H,4-8H2,1-3H3,(H2,11,13)/t9-/m0/s1. The van der Waals surface area contributed by atoms with Crippen LogP contribution in [-0.4, -0.2) is 31.4 Å². The lowest BCUT2D eigenvalue weighted by Gasteiger charge is -2.20. The Balaban J connectivity index is 4.35. The number of nitrogens with one attached hydrogen (secondary N) is 1. The first-order chi connectivity index (χ1) is 7.99. The van der Waals surface area contributed by atoms with E-state index in [0.29, 0.717) is 19.6 Å². The number of nitrogens with two attached hydrogens (primary N) is 1. The number of hydrogen-bond donors (Lipinski definition) is 2. The Hall–Kier alpha value is -0.420. The molecule has 7 heteroatoms. The monoisotopic (exact) mass is 266 g/mol. The van der Waals surface area contributed by atoms with Gasteiger partial charge >= 0.3 is 7.60 Å². The molecule has 0 fully saturated rings. The highest BCUT2D eigenvalue weighted by Crippen LogP contribution is 2.46. The van der Waals surface area contributed by atoms with Crippen LogP contribution in [0.1, 0.15) is 33.6 Å². The summed E-state index contributed by atoms with van der Waals surface area (Å²) in [5, 5.41) is 2.84. The van der Waals surface area contributed by atoms with Crippen molar-refractivity contribution in [3.63, 3.8) is 0 Å². The molecule has 17 heavy (non-hydrogen) atoms. The van der Waals surface area contributed by atoms with E-state index < -0.39 is 19.5 Å². The summed E-state index contributed by atoms with van der Waals surface area (Å²) in [5.74, 6) is -0.452. The minimum atomic E-state index is -3.16. The molecule has 0 aromatic carbocycles. The Bertz CT molecular complexity index is 263. The molecule has 0 aromatic heterocycles. The van der Waals surface area contributed by atoms with Crippen molar-refractivity contribution >= 4 is 13.5 Å². The molecule has 0 bridgehead atoms. The summed E-state index contributed by atoms with van der Waals surface area (Å²) < 4.78 is 22.3. The van der Waals surface area contributed by atoms with Crippen LogP contribution in [0.3, 0.4) is 0 Å². The van der Waals surface area contributed by atoms with E-state index in [1.54, 1.807) is 13.8 Å². The first-order valence-corrected chi connectivity index (χ1v) is 7.62. The fraction of sp³-hybridized carbons (Fsp3) is 0.900. The van der Waals surface area contributed by atoms with Gasteiger partial charge in [-0.1, -0.05) is 13.3 Å². The average Bonchev–Trinajstić information content (AvgIpc) is 2.24. The van der Waals surface area contributed by atoms with Crippen molar-refractivity contribution < 1.29 is 18.4 Å². The van der Waals surface area contributed by atoms with Crippen LogP contribution in [0.2, 0.25) is 0 Å². The van der Waals surface area contributed by atoms with E-state index in [-0.39, 0.29) is 6.29 Å². The maximum atomic E-state index is 12.1. The van der Waals surface area contributed by atoms with Crippen molar-refractivity contribution in [2.24, 2.45) is 5.73 Å². The van der Waals surface area contributed by atoms with Gasteiger partial charge in [-0.15, -0.1) is 0 Å². The van der Waals surface area contributed by atoms with Crippen molar-refractivity contribution in [3.05, 3.63) is 0 Å². The molecule has 1 atom stereocenters. The Morgan fingerprint density at radius 1 is 1.29 bits per heavy atom. The van der Waals surface area contributed by atoms with Crippen molar-refractivity contribution in [2.45, 2.75) is 39.7 Å². The van der Waals surface area contributed by atoms with Crippen LogP contribution in [0, 0.1) is 0 Å². The lowest BCUT2D eigenvalue weighted by molar-refractivity contribution is -0.120. The molecule has 0 aliphatic rings. The number of carbonyl (C=O) groups is 1. The SMILES string of the molecule is CCC[C@H](NCP(=O)(OCC)OCC)C(N)=O. The van der Waals surface area contributed by atoms with Crippen LogP contribution in [0.4, 0.5) is 0 Å². The van der Waals surface area contributed by atoms with E-state index in [1.165, 1.54) is 0 Å². The highest BCUT2D eigenvalue weighted by molar-refractivity contribution is 7.53. The van der Waals surface area contributed by atoms with Gasteiger partial charge in [-0.2, -0.15) is 0 Å². The minimum Gasteiger partial charge on any atom is -0.368 e. The molecule has 0 rings (SSSR count). The summed E-state index contributed by atoms with van der Waals surface area (Å²) in [6.07, 6.45) is 1.42. The zero-order chi connectivity index (χ0) is 13.3. The molecule has 0 saturated heterocycles. The van der Waals surface area contributed by atoms with Gasteiger partial charge in [0.1, 0.15) is 0 Å². The van der Waals surface area contributed by atoms with Crippen molar-refractivity contribution in [3.8, 4) is 0 Å². The third-order valence-electron chi connectivity index (χ3n) is 2.10. The third kappa shape index (κ3) is 6.78. The number of hydrogen-bond acceptors (Lipinski definition) is 5. The van der Waals surface area contributed by atoms with Crippen molar-refractivity contribution in [1.29, 1.82) is 0 Å². The summed E-state index contributed by atoms with van der Waals surface area (Å²) in [7, 11) is -3.16. The highest BCUT2D eigenvalue weighted by Gasteiger charge is 2.25. The fourth-order valence-electron chi connectivity index (χ4n) is 1.38. The Morgan fingerprint density at radius 3 is 2.18 bits per heavy atom. The molecule has 0 aliphatic heterocycles. The molecule has 0 heterocycles. The van der Waals surface area contributed by atoms with Gasteiger partial charge in [0, 0.05) is 0 Å². The number of primary amides is 1. The lowest BCUT2D eigenvalue weighted by atomic mass is 10.1.